The highest BCUT2D eigenvalue weighted by molar-refractivity contribution is 6.40. The van der Waals surface area contributed by atoms with Crippen LogP contribution in [0.15, 0.2) is 36.4 Å². The van der Waals surface area contributed by atoms with E-state index >= 15 is 0 Å². The predicted molar refractivity (Wildman–Crippen MR) is 133 cm³/mol. The molecule has 3 rings (SSSR count). The molecule has 2 aromatic carbocycles. The summed E-state index contributed by atoms with van der Waals surface area (Å²) in [5, 5.41) is 3.84. The first kappa shape index (κ1) is 26.5. The molecule has 0 fully saturated rings. The Hall–Kier alpha value is -3.10. The standard InChI is InChI=1S/C25H25Cl2FN2O5/c1-5-34-23(32)22-21(29-11-10-19(31)14-6-8-16(28)9-7-14)20-17(27)12-15(26)13-18(20)30(22)24(33)35-25(2,3)4/h6-9,12-13,29H,5,10-11H2,1-4H3. The molecule has 186 valence electrons. The quantitative estimate of drug-likeness (QED) is 0.273. The van der Waals surface area contributed by atoms with Gasteiger partial charge >= 0.3 is 12.1 Å². The van der Waals surface area contributed by atoms with Crippen molar-refractivity contribution in [2.75, 3.05) is 18.5 Å². The number of halogens is 3. The molecule has 10 heteroatoms. The number of hydrogen-bond acceptors (Lipinski definition) is 6. The third-order valence-electron chi connectivity index (χ3n) is 4.85. The highest BCUT2D eigenvalue weighted by atomic mass is 35.5. The Morgan fingerprint density at radius 1 is 1.09 bits per heavy atom. The second-order valence-corrected chi connectivity index (χ2v) is 9.49. The van der Waals surface area contributed by atoms with Crippen LogP contribution < -0.4 is 5.32 Å². The van der Waals surface area contributed by atoms with E-state index in [1.807, 2.05) is 0 Å². The summed E-state index contributed by atoms with van der Waals surface area (Å²) in [6, 6.07) is 8.18. The minimum Gasteiger partial charge on any atom is -0.461 e. The lowest BCUT2D eigenvalue weighted by molar-refractivity contribution is 0.0455. The van der Waals surface area contributed by atoms with Crippen LogP contribution in [0.5, 0.6) is 0 Å². The molecule has 0 amide bonds. The third kappa shape index (κ3) is 6.13. The molecular weight excluding hydrogens is 498 g/mol. The van der Waals surface area contributed by atoms with E-state index in [9.17, 15) is 18.8 Å². The Morgan fingerprint density at radius 2 is 1.74 bits per heavy atom. The summed E-state index contributed by atoms with van der Waals surface area (Å²) in [6.07, 6.45) is -0.794. The molecule has 0 atom stereocenters. The van der Waals surface area contributed by atoms with Crippen molar-refractivity contribution in [1.29, 1.82) is 0 Å². The zero-order chi connectivity index (χ0) is 25.9. The van der Waals surface area contributed by atoms with Crippen molar-refractivity contribution in [2.45, 2.75) is 39.7 Å². The Balaban J connectivity index is 2.07. The van der Waals surface area contributed by atoms with Crippen molar-refractivity contribution >= 4 is 57.6 Å². The molecule has 35 heavy (non-hydrogen) atoms. The Morgan fingerprint density at radius 3 is 2.34 bits per heavy atom. The van der Waals surface area contributed by atoms with Gasteiger partial charge in [-0.3, -0.25) is 4.79 Å². The molecule has 1 heterocycles. The summed E-state index contributed by atoms with van der Waals surface area (Å²) >= 11 is 12.7. The van der Waals surface area contributed by atoms with Gasteiger partial charge in [-0.25, -0.2) is 18.5 Å². The largest absolute Gasteiger partial charge is 0.461 e. The van der Waals surface area contributed by atoms with Crippen molar-refractivity contribution in [1.82, 2.24) is 4.57 Å². The summed E-state index contributed by atoms with van der Waals surface area (Å²) in [7, 11) is 0. The number of esters is 1. The molecule has 0 aliphatic carbocycles. The van der Waals surface area contributed by atoms with Crippen molar-refractivity contribution < 1.29 is 28.2 Å². The molecule has 0 aliphatic rings. The number of Topliss-reactive ketones (excluding diaryl/α,β-unsaturated/α-hetero) is 1. The van der Waals surface area contributed by atoms with Crippen molar-refractivity contribution in [3.8, 4) is 0 Å². The fourth-order valence-electron chi connectivity index (χ4n) is 3.48. The number of aromatic nitrogens is 1. The zero-order valence-electron chi connectivity index (χ0n) is 19.7. The number of nitrogens with one attached hydrogen (secondary N) is 1. The molecule has 0 aliphatic heterocycles. The number of ether oxygens (including phenoxy) is 2. The van der Waals surface area contributed by atoms with Gasteiger partial charge in [0.1, 0.15) is 11.4 Å². The minimum absolute atomic E-state index is 0.0260. The predicted octanol–water partition coefficient (Wildman–Crippen LogP) is 6.73. The molecule has 0 spiro atoms. The SMILES string of the molecule is CCOC(=O)c1c(NCCC(=O)c2ccc(F)cc2)c2c(Cl)cc(Cl)cc2n1C(=O)OC(C)(C)C. The number of anilines is 1. The third-order valence-corrected chi connectivity index (χ3v) is 5.37. The first-order valence-corrected chi connectivity index (χ1v) is 11.6. The Bertz CT molecular complexity index is 1280. The zero-order valence-corrected chi connectivity index (χ0v) is 21.2. The van der Waals surface area contributed by atoms with Crippen LogP contribution in [0.3, 0.4) is 0 Å². The average molecular weight is 523 g/mol. The first-order valence-electron chi connectivity index (χ1n) is 10.9. The van der Waals surface area contributed by atoms with Crippen LogP contribution in [0.25, 0.3) is 10.9 Å². The highest BCUT2D eigenvalue weighted by Gasteiger charge is 2.31. The smallest absolute Gasteiger partial charge is 0.419 e. The minimum atomic E-state index is -0.850. The topological polar surface area (TPSA) is 86.6 Å². The fourth-order valence-corrected chi connectivity index (χ4v) is 4.05. The monoisotopic (exact) mass is 522 g/mol. The van der Waals surface area contributed by atoms with Gasteiger partial charge < -0.3 is 14.8 Å². The number of fused-ring (bicyclic) bond motifs is 1. The van der Waals surface area contributed by atoms with Crippen LogP contribution in [-0.2, 0) is 9.47 Å². The number of nitrogens with zero attached hydrogens (tertiary/aromatic N) is 1. The van der Waals surface area contributed by atoms with Crippen LogP contribution in [0, 0.1) is 5.82 Å². The summed E-state index contributed by atoms with van der Waals surface area (Å²) in [4.78, 5) is 38.7. The van der Waals surface area contributed by atoms with E-state index in [1.165, 1.54) is 36.4 Å². The molecule has 0 bridgehead atoms. The molecule has 0 unspecified atom stereocenters. The first-order chi connectivity index (χ1) is 16.4. The van der Waals surface area contributed by atoms with Gasteiger partial charge in [0.2, 0.25) is 0 Å². The molecule has 3 aromatic rings. The Kier molecular flexibility index (Phi) is 8.07. The molecule has 0 saturated heterocycles. The summed E-state index contributed by atoms with van der Waals surface area (Å²) in [5.74, 6) is -1.46. The second-order valence-electron chi connectivity index (χ2n) is 8.65. The van der Waals surface area contributed by atoms with Gasteiger partial charge in [0.05, 0.1) is 22.8 Å². The fraction of sp³-hybridized carbons (Fsp3) is 0.320. The van der Waals surface area contributed by atoms with Crippen LogP contribution in [0.4, 0.5) is 14.9 Å². The van der Waals surface area contributed by atoms with E-state index in [0.717, 1.165) is 4.57 Å². The van der Waals surface area contributed by atoms with E-state index < -0.39 is 23.5 Å². The van der Waals surface area contributed by atoms with Gasteiger partial charge in [0.25, 0.3) is 0 Å². The lowest BCUT2D eigenvalue weighted by Crippen LogP contribution is -2.29. The Labute approximate surface area is 212 Å². The molecule has 7 nitrogen and oxygen atoms in total. The number of hydrogen-bond donors (Lipinski definition) is 1. The number of carbonyl (C=O) groups excluding carboxylic acids is 3. The van der Waals surface area contributed by atoms with Crippen LogP contribution in [0.2, 0.25) is 10.0 Å². The van der Waals surface area contributed by atoms with Gasteiger partial charge in [0.15, 0.2) is 11.5 Å². The maximum atomic E-state index is 13.2. The van der Waals surface area contributed by atoms with E-state index in [-0.39, 0.29) is 52.3 Å². The molecular formula is C25H25Cl2FN2O5. The number of ketones is 1. The van der Waals surface area contributed by atoms with Crippen molar-refractivity contribution in [2.24, 2.45) is 0 Å². The van der Waals surface area contributed by atoms with E-state index in [2.05, 4.69) is 5.32 Å². The second kappa shape index (κ2) is 10.7. The number of carbonyl (C=O) groups is 3. The van der Waals surface area contributed by atoms with E-state index in [4.69, 9.17) is 32.7 Å². The van der Waals surface area contributed by atoms with Crippen molar-refractivity contribution in [3.05, 3.63) is 63.5 Å². The van der Waals surface area contributed by atoms with Crippen LogP contribution in [0.1, 0.15) is 55.0 Å². The maximum absolute atomic E-state index is 13.2. The van der Waals surface area contributed by atoms with Crippen molar-refractivity contribution in [3.63, 3.8) is 0 Å². The molecule has 1 aromatic heterocycles. The lowest BCUT2D eigenvalue weighted by Gasteiger charge is -2.20. The molecule has 1 N–H and O–H groups in total. The van der Waals surface area contributed by atoms with E-state index in [1.54, 1.807) is 27.7 Å². The lowest BCUT2D eigenvalue weighted by atomic mass is 10.1. The summed E-state index contributed by atoms with van der Waals surface area (Å²) < 4.78 is 25.0. The van der Waals surface area contributed by atoms with Gasteiger partial charge in [-0.05, 0) is 64.1 Å². The highest BCUT2D eigenvalue weighted by Crippen LogP contribution is 2.39. The van der Waals surface area contributed by atoms with Crippen LogP contribution >= 0.6 is 23.2 Å². The molecule has 0 saturated carbocycles. The van der Waals surface area contributed by atoms with Gasteiger partial charge in [-0.15, -0.1) is 0 Å². The maximum Gasteiger partial charge on any atom is 0.419 e. The number of rotatable bonds is 7. The normalized spacial score (nSPS) is 11.4. The summed E-state index contributed by atoms with van der Waals surface area (Å²) in [5.41, 5.74) is -0.184. The van der Waals surface area contributed by atoms with Gasteiger partial charge in [-0.2, -0.15) is 0 Å². The van der Waals surface area contributed by atoms with E-state index in [0.29, 0.717) is 10.9 Å². The van der Waals surface area contributed by atoms with Gasteiger partial charge in [0, 0.05) is 28.9 Å². The van der Waals surface area contributed by atoms with Gasteiger partial charge in [-0.1, -0.05) is 23.2 Å². The summed E-state index contributed by atoms with van der Waals surface area (Å²) in [6.45, 7) is 6.87. The number of benzene rings is 2. The van der Waals surface area contributed by atoms with Crippen LogP contribution in [-0.4, -0.2) is 41.2 Å². The molecule has 0 radical (unpaired) electrons. The average Bonchev–Trinajstić information content (AvgIpc) is 3.07.